The highest BCUT2D eigenvalue weighted by atomic mass is 16.5. The standard InChI is InChI=1S/C12H16O3/c1-15-11-6-7-12(14)10(9-11)5-3-2-4-8-13/h3,5-7,9,13-14H,2,4,8H2,1H3/b5-3+. The van der Waals surface area contributed by atoms with Crippen molar-refractivity contribution in [3.8, 4) is 11.5 Å². The Morgan fingerprint density at radius 1 is 1.40 bits per heavy atom. The molecule has 2 N–H and O–H groups in total. The predicted molar refractivity (Wildman–Crippen MR) is 60.0 cm³/mol. The van der Waals surface area contributed by atoms with Crippen molar-refractivity contribution in [2.45, 2.75) is 12.8 Å². The highest BCUT2D eigenvalue weighted by molar-refractivity contribution is 5.58. The zero-order valence-electron chi connectivity index (χ0n) is 8.81. The maximum Gasteiger partial charge on any atom is 0.123 e. The number of ether oxygens (including phenoxy) is 1. The van der Waals surface area contributed by atoms with Gasteiger partial charge < -0.3 is 14.9 Å². The summed E-state index contributed by atoms with van der Waals surface area (Å²) >= 11 is 0. The van der Waals surface area contributed by atoms with Crippen LogP contribution in [0.15, 0.2) is 24.3 Å². The summed E-state index contributed by atoms with van der Waals surface area (Å²) in [5, 5.41) is 18.1. The molecule has 15 heavy (non-hydrogen) atoms. The Balaban J connectivity index is 2.70. The third-order valence-electron chi connectivity index (χ3n) is 2.06. The topological polar surface area (TPSA) is 49.7 Å². The highest BCUT2D eigenvalue weighted by Gasteiger charge is 1.98. The number of benzene rings is 1. The van der Waals surface area contributed by atoms with Gasteiger partial charge in [0.05, 0.1) is 7.11 Å². The molecule has 1 aromatic rings. The first-order valence-electron chi connectivity index (χ1n) is 4.92. The van der Waals surface area contributed by atoms with Crippen molar-refractivity contribution in [1.29, 1.82) is 0 Å². The fourth-order valence-corrected chi connectivity index (χ4v) is 1.21. The van der Waals surface area contributed by atoms with Crippen molar-refractivity contribution in [2.75, 3.05) is 13.7 Å². The molecule has 1 rings (SSSR count). The molecule has 0 radical (unpaired) electrons. The van der Waals surface area contributed by atoms with Gasteiger partial charge in [0.1, 0.15) is 11.5 Å². The van der Waals surface area contributed by atoms with E-state index in [0.717, 1.165) is 24.2 Å². The van der Waals surface area contributed by atoms with Gasteiger partial charge in [-0.05, 0) is 31.0 Å². The Hall–Kier alpha value is -1.48. The molecule has 0 saturated carbocycles. The van der Waals surface area contributed by atoms with Gasteiger partial charge in [-0.25, -0.2) is 0 Å². The van der Waals surface area contributed by atoms with Crippen LogP contribution in [-0.2, 0) is 0 Å². The van der Waals surface area contributed by atoms with Gasteiger partial charge in [0.2, 0.25) is 0 Å². The van der Waals surface area contributed by atoms with E-state index in [1.165, 1.54) is 0 Å². The Morgan fingerprint density at radius 2 is 2.20 bits per heavy atom. The Kier molecular flexibility index (Phi) is 4.71. The lowest BCUT2D eigenvalue weighted by molar-refractivity contribution is 0.290. The third-order valence-corrected chi connectivity index (χ3v) is 2.06. The number of hydrogen-bond acceptors (Lipinski definition) is 3. The fourth-order valence-electron chi connectivity index (χ4n) is 1.21. The zero-order valence-corrected chi connectivity index (χ0v) is 8.81. The minimum atomic E-state index is 0.189. The molecule has 3 heteroatoms. The normalized spacial score (nSPS) is 10.8. The molecule has 0 bridgehead atoms. The van der Waals surface area contributed by atoms with E-state index < -0.39 is 0 Å². The number of aliphatic hydroxyl groups is 1. The number of aliphatic hydroxyl groups excluding tert-OH is 1. The van der Waals surface area contributed by atoms with Crippen LogP contribution in [0.4, 0.5) is 0 Å². The summed E-state index contributed by atoms with van der Waals surface area (Å²) in [7, 11) is 1.59. The zero-order chi connectivity index (χ0) is 11.1. The number of phenols is 1. The van der Waals surface area contributed by atoms with E-state index in [1.807, 2.05) is 12.2 Å². The van der Waals surface area contributed by atoms with E-state index in [0.29, 0.717) is 0 Å². The largest absolute Gasteiger partial charge is 0.507 e. The molecule has 0 saturated heterocycles. The first-order valence-corrected chi connectivity index (χ1v) is 4.92. The molecule has 0 atom stereocenters. The number of methoxy groups -OCH3 is 1. The quantitative estimate of drug-likeness (QED) is 0.729. The fraction of sp³-hybridized carbons (Fsp3) is 0.333. The van der Waals surface area contributed by atoms with Crippen molar-refractivity contribution < 1.29 is 14.9 Å². The van der Waals surface area contributed by atoms with Gasteiger partial charge in [-0.1, -0.05) is 12.2 Å². The van der Waals surface area contributed by atoms with Gasteiger partial charge in [-0.3, -0.25) is 0 Å². The van der Waals surface area contributed by atoms with E-state index >= 15 is 0 Å². The lowest BCUT2D eigenvalue weighted by Gasteiger charge is -2.03. The van der Waals surface area contributed by atoms with Crippen molar-refractivity contribution in [2.24, 2.45) is 0 Å². The van der Waals surface area contributed by atoms with Gasteiger partial charge >= 0.3 is 0 Å². The second-order valence-electron chi connectivity index (χ2n) is 3.19. The Morgan fingerprint density at radius 3 is 2.87 bits per heavy atom. The van der Waals surface area contributed by atoms with Crippen LogP contribution in [-0.4, -0.2) is 23.9 Å². The monoisotopic (exact) mass is 208 g/mol. The minimum Gasteiger partial charge on any atom is -0.507 e. The lowest BCUT2D eigenvalue weighted by Crippen LogP contribution is -1.84. The first kappa shape index (κ1) is 11.6. The molecular weight excluding hydrogens is 192 g/mol. The summed E-state index contributed by atoms with van der Waals surface area (Å²) in [5.74, 6) is 0.950. The van der Waals surface area contributed by atoms with Gasteiger partial charge in [0.25, 0.3) is 0 Å². The number of hydrogen-bond donors (Lipinski definition) is 2. The molecule has 0 aliphatic carbocycles. The molecule has 0 heterocycles. The first-order chi connectivity index (χ1) is 7.27. The summed E-state index contributed by atoms with van der Waals surface area (Å²) < 4.78 is 5.05. The van der Waals surface area contributed by atoms with Crippen LogP contribution < -0.4 is 4.74 Å². The van der Waals surface area contributed by atoms with Crippen molar-refractivity contribution >= 4 is 6.08 Å². The van der Waals surface area contributed by atoms with E-state index in [4.69, 9.17) is 9.84 Å². The van der Waals surface area contributed by atoms with Crippen LogP contribution in [0.2, 0.25) is 0 Å². The van der Waals surface area contributed by atoms with Crippen LogP contribution >= 0.6 is 0 Å². The highest BCUT2D eigenvalue weighted by Crippen LogP contribution is 2.24. The lowest BCUT2D eigenvalue weighted by atomic mass is 10.1. The van der Waals surface area contributed by atoms with E-state index in [-0.39, 0.29) is 12.4 Å². The number of aromatic hydroxyl groups is 1. The van der Waals surface area contributed by atoms with E-state index in [2.05, 4.69) is 0 Å². The summed E-state index contributed by atoms with van der Waals surface area (Å²) in [6.07, 6.45) is 5.28. The minimum absolute atomic E-state index is 0.189. The maximum absolute atomic E-state index is 9.53. The third kappa shape index (κ3) is 3.64. The van der Waals surface area contributed by atoms with Gasteiger partial charge in [-0.15, -0.1) is 0 Å². The number of allylic oxidation sites excluding steroid dienone is 1. The average Bonchev–Trinajstić information content (AvgIpc) is 2.26. The van der Waals surface area contributed by atoms with Crippen LogP contribution in [0, 0.1) is 0 Å². The molecular formula is C12H16O3. The molecule has 82 valence electrons. The molecule has 0 spiro atoms. The summed E-state index contributed by atoms with van der Waals surface area (Å²) in [6.45, 7) is 0.189. The Labute approximate surface area is 89.6 Å². The second-order valence-corrected chi connectivity index (χ2v) is 3.19. The maximum atomic E-state index is 9.53. The molecule has 0 aliphatic rings. The SMILES string of the molecule is COc1ccc(O)c(/C=C/CCCO)c1. The number of phenolic OH excluding ortho intramolecular Hbond substituents is 1. The molecule has 0 aliphatic heterocycles. The molecule has 3 nitrogen and oxygen atoms in total. The van der Waals surface area contributed by atoms with Gasteiger partial charge in [-0.2, -0.15) is 0 Å². The van der Waals surface area contributed by atoms with Crippen LogP contribution in [0.5, 0.6) is 11.5 Å². The molecule has 0 unspecified atom stereocenters. The van der Waals surface area contributed by atoms with Gasteiger partial charge in [0.15, 0.2) is 0 Å². The second kappa shape index (κ2) is 6.09. The predicted octanol–water partition coefficient (Wildman–Crippen LogP) is 2.19. The van der Waals surface area contributed by atoms with E-state index in [9.17, 15) is 5.11 Å². The number of rotatable bonds is 5. The Bertz CT molecular complexity index is 332. The smallest absolute Gasteiger partial charge is 0.123 e. The summed E-state index contributed by atoms with van der Waals surface area (Å²) in [5.41, 5.74) is 0.729. The summed E-state index contributed by atoms with van der Waals surface area (Å²) in [6, 6.07) is 5.08. The van der Waals surface area contributed by atoms with Gasteiger partial charge in [0, 0.05) is 12.2 Å². The van der Waals surface area contributed by atoms with Crippen LogP contribution in [0.3, 0.4) is 0 Å². The van der Waals surface area contributed by atoms with E-state index in [1.54, 1.807) is 25.3 Å². The molecule has 0 amide bonds. The average molecular weight is 208 g/mol. The summed E-state index contributed by atoms with van der Waals surface area (Å²) in [4.78, 5) is 0. The van der Waals surface area contributed by atoms with Crippen molar-refractivity contribution in [3.63, 3.8) is 0 Å². The molecule has 0 fully saturated rings. The molecule has 0 aromatic heterocycles. The molecule has 1 aromatic carbocycles. The van der Waals surface area contributed by atoms with Crippen molar-refractivity contribution in [1.82, 2.24) is 0 Å². The van der Waals surface area contributed by atoms with Crippen LogP contribution in [0.25, 0.3) is 6.08 Å². The van der Waals surface area contributed by atoms with Crippen LogP contribution in [0.1, 0.15) is 18.4 Å². The number of unbranched alkanes of at least 4 members (excludes halogenated alkanes) is 1. The van der Waals surface area contributed by atoms with Crippen molar-refractivity contribution in [3.05, 3.63) is 29.8 Å².